The number of amides is 1. The van der Waals surface area contributed by atoms with E-state index in [0.29, 0.717) is 17.5 Å². The van der Waals surface area contributed by atoms with E-state index in [1.807, 2.05) is 0 Å². The SMILES string of the molecule is O=C(Nc1ccc(C#CCO)c(F)c1)C1CC2CCC1C2. The summed E-state index contributed by atoms with van der Waals surface area (Å²) in [5.74, 6) is 5.76. The molecule has 2 bridgehead atoms. The minimum atomic E-state index is -0.485. The molecule has 0 saturated heterocycles. The number of hydrogen-bond acceptors (Lipinski definition) is 2. The van der Waals surface area contributed by atoms with Crippen molar-refractivity contribution in [1.82, 2.24) is 0 Å². The fourth-order valence-electron chi connectivity index (χ4n) is 3.63. The fraction of sp³-hybridized carbons (Fsp3) is 0.471. The molecule has 3 unspecified atom stereocenters. The summed E-state index contributed by atoms with van der Waals surface area (Å²) in [6, 6.07) is 4.45. The van der Waals surface area contributed by atoms with Crippen LogP contribution in [0.3, 0.4) is 0 Å². The minimum absolute atomic E-state index is 0.00999. The van der Waals surface area contributed by atoms with Crippen molar-refractivity contribution >= 4 is 11.6 Å². The van der Waals surface area contributed by atoms with E-state index in [9.17, 15) is 9.18 Å². The van der Waals surface area contributed by atoms with Crippen molar-refractivity contribution in [3.8, 4) is 11.8 Å². The molecule has 2 fully saturated rings. The highest BCUT2D eigenvalue weighted by Crippen LogP contribution is 2.48. The molecule has 2 saturated carbocycles. The Hall–Kier alpha value is -1.86. The van der Waals surface area contributed by atoms with E-state index in [1.165, 1.54) is 25.0 Å². The van der Waals surface area contributed by atoms with Crippen LogP contribution in [-0.4, -0.2) is 17.6 Å². The maximum Gasteiger partial charge on any atom is 0.227 e. The van der Waals surface area contributed by atoms with Gasteiger partial charge in [-0.1, -0.05) is 18.3 Å². The van der Waals surface area contributed by atoms with E-state index in [0.717, 1.165) is 12.8 Å². The lowest BCUT2D eigenvalue weighted by Crippen LogP contribution is -2.27. The zero-order chi connectivity index (χ0) is 14.8. The average molecular weight is 287 g/mol. The number of carbonyl (C=O) groups excluding carboxylic acids is 1. The Balaban J connectivity index is 1.67. The summed E-state index contributed by atoms with van der Waals surface area (Å²) >= 11 is 0. The topological polar surface area (TPSA) is 49.3 Å². The van der Waals surface area contributed by atoms with Crippen molar-refractivity contribution in [3.05, 3.63) is 29.6 Å². The van der Waals surface area contributed by atoms with Crippen LogP contribution < -0.4 is 5.32 Å². The number of fused-ring (bicyclic) bond motifs is 2. The van der Waals surface area contributed by atoms with Gasteiger partial charge in [0.1, 0.15) is 12.4 Å². The first-order valence-corrected chi connectivity index (χ1v) is 7.37. The number of rotatable bonds is 2. The molecule has 3 rings (SSSR count). The predicted octanol–water partition coefficient (Wildman–Crippen LogP) is 2.54. The molecule has 0 aliphatic heterocycles. The number of hydrogen-bond donors (Lipinski definition) is 2. The van der Waals surface area contributed by atoms with Crippen LogP contribution in [0.1, 0.15) is 31.2 Å². The predicted molar refractivity (Wildman–Crippen MR) is 77.9 cm³/mol. The molecule has 2 aliphatic carbocycles. The van der Waals surface area contributed by atoms with Gasteiger partial charge in [0, 0.05) is 11.6 Å². The van der Waals surface area contributed by atoms with Gasteiger partial charge in [-0.25, -0.2) is 4.39 Å². The molecule has 0 aromatic heterocycles. The van der Waals surface area contributed by atoms with Gasteiger partial charge in [0.05, 0.1) is 5.56 Å². The summed E-state index contributed by atoms with van der Waals surface area (Å²) in [5.41, 5.74) is 0.691. The molecular formula is C17H18FNO2. The van der Waals surface area contributed by atoms with Gasteiger partial charge in [0.2, 0.25) is 5.91 Å². The third kappa shape index (κ3) is 2.93. The number of benzene rings is 1. The number of anilines is 1. The minimum Gasteiger partial charge on any atom is -0.384 e. The van der Waals surface area contributed by atoms with Crippen LogP contribution in [0.15, 0.2) is 18.2 Å². The molecule has 0 heterocycles. The van der Waals surface area contributed by atoms with Gasteiger partial charge in [0.15, 0.2) is 0 Å². The van der Waals surface area contributed by atoms with Crippen molar-refractivity contribution in [2.75, 3.05) is 11.9 Å². The normalized spacial score (nSPS) is 26.3. The van der Waals surface area contributed by atoms with Crippen LogP contribution in [-0.2, 0) is 4.79 Å². The van der Waals surface area contributed by atoms with Crippen LogP contribution >= 0.6 is 0 Å². The molecule has 110 valence electrons. The van der Waals surface area contributed by atoms with Crippen LogP contribution in [0.2, 0.25) is 0 Å². The summed E-state index contributed by atoms with van der Waals surface area (Å²) in [6.45, 7) is -0.303. The van der Waals surface area contributed by atoms with Crippen LogP contribution in [0.5, 0.6) is 0 Å². The lowest BCUT2D eigenvalue weighted by atomic mass is 9.88. The third-order valence-corrected chi connectivity index (χ3v) is 4.61. The lowest BCUT2D eigenvalue weighted by molar-refractivity contribution is -0.121. The first kappa shape index (κ1) is 14.1. The number of halogens is 1. The highest BCUT2D eigenvalue weighted by atomic mass is 19.1. The van der Waals surface area contributed by atoms with Gasteiger partial charge in [-0.2, -0.15) is 0 Å². The van der Waals surface area contributed by atoms with E-state index in [4.69, 9.17) is 5.11 Å². The Labute approximate surface area is 123 Å². The molecule has 1 aromatic carbocycles. The second-order valence-corrected chi connectivity index (χ2v) is 5.93. The molecule has 2 aliphatic rings. The Kier molecular flexibility index (Phi) is 3.94. The highest BCUT2D eigenvalue weighted by Gasteiger charge is 2.42. The van der Waals surface area contributed by atoms with Gasteiger partial charge in [-0.05, 0) is 49.3 Å². The molecule has 0 spiro atoms. The first-order chi connectivity index (χ1) is 10.2. The van der Waals surface area contributed by atoms with E-state index in [2.05, 4.69) is 17.2 Å². The van der Waals surface area contributed by atoms with E-state index in [-0.39, 0.29) is 24.0 Å². The van der Waals surface area contributed by atoms with Crippen LogP contribution in [0.4, 0.5) is 10.1 Å². The summed E-state index contributed by atoms with van der Waals surface area (Å²) in [7, 11) is 0. The monoisotopic (exact) mass is 287 g/mol. The van der Waals surface area contributed by atoms with Crippen molar-refractivity contribution in [3.63, 3.8) is 0 Å². The largest absolute Gasteiger partial charge is 0.384 e. The van der Waals surface area contributed by atoms with Crippen molar-refractivity contribution in [2.24, 2.45) is 17.8 Å². The fourth-order valence-corrected chi connectivity index (χ4v) is 3.63. The number of nitrogens with one attached hydrogen (secondary N) is 1. The Bertz CT molecular complexity index is 617. The molecule has 4 heteroatoms. The van der Waals surface area contributed by atoms with Gasteiger partial charge in [-0.15, -0.1) is 0 Å². The molecular weight excluding hydrogens is 269 g/mol. The zero-order valence-electron chi connectivity index (χ0n) is 11.7. The zero-order valence-corrected chi connectivity index (χ0v) is 11.7. The maximum absolute atomic E-state index is 13.8. The Morgan fingerprint density at radius 2 is 2.24 bits per heavy atom. The summed E-state index contributed by atoms with van der Waals surface area (Å²) < 4.78 is 13.8. The number of aliphatic hydroxyl groups excluding tert-OH is 1. The number of carbonyl (C=O) groups is 1. The van der Waals surface area contributed by atoms with Crippen molar-refractivity contribution in [1.29, 1.82) is 0 Å². The van der Waals surface area contributed by atoms with Gasteiger partial charge in [-0.3, -0.25) is 4.79 Å². The van der Waals surface area contributed by atoms with E-state index < -0.39 is 5.82 Å². The number of aliphatic hydroxyl groups is 1. The van der Waals surface area contributed by atoms with Crippen LogP contribution in [0, 0.1) is 35.4 Å². The summed E-state index contributed by atoms with van der Waals surface area (Å²) in [6.07, 6.45) is 4.54. The molecule has 21 heavy (non-hydrogen) atoms. The van der Waals surface area contributed by atoms with Crippen LogP contribution in [0.25, 0.3) is 0 Å². The first-order valence-electron chi connectivity index (χ1n) is 7.37. The average Bonchev–Trinajstić information content (AvgIpc) is 3.09. The van der Waals surface area contributed by atoms with Gasteiger partial charge >= 0.3 is 0 Å². The molecule has 1 amide bonds. The Morgan fingerprint density at radius 1 is 1.38 bits per heavy atom. The van der Waals surface area contributed by atoms with Crippen molar-refractivity contribution in [2.45, 2.75) is 25.7 Å². The van der Waals surface area contributed by atoms with Crippen molar-refractivity contribution < 1.29 is 14.3 Å². The highest BCUT2D eigenvalue weighted by molar-refractivity contribution is 5.93. The standard InChI is InChI=1S/C17H18FNO2/c18-16-10-14(6-5-12(16)2-1-7-20)19-17(21)15-9-11-3-4-13(15)8-11/h5-6,10-11,13,15,20H,3-4,7-9H2,(H,19,21). The second-order valence-electron chi connectivity index (χ2n) is 5.93. The third-order valence-electron chi connectivity index (χ3n) is 4.61. The Morgan fingerprint density at radius 3 is 2.86 bits per heavy atom. The second kappa shape index (κ2) is 5.87. The molecule has 1 aromatic rings. The maximum atomic E-state index is 13.8. The van der Waals surface area contributed by atoms with Gasteiger partial charge in [0.25, 0.3) is 0 Å². The molecule has 3 nitrogen and oxygen atoms in total. The summed E-state index contributed by atoms with van der Waals surface area (Å²) in [4.78, 5) is 12.3. The van der Waals surface area contributed by atoms with Gasteiger partial charge < -0.3 is 10.4 Å². The lowest BCUT2D eigenvalue weighted by Gasteiger charge is -2.20. The van der Waals surface area contributed by atoms with E-state index in [1.54, 1.807) is 6.07 Å². The molecule has 3 atom stereocenters. The summed E-state index contributed by atoms with van der Waals surface area (Å²) in [5, 5.41) is 11.4. The molecule has 0 radical (unpaired) electrons. The van der Waals surface area contributed by atoms with E-state index >= 15 is 0 Å². The quantitative estimate of drug-likeness (QED) is 0.821. The smallest absolute Gasteiger partial charge is 0.227 e. The molecule has 2 N–H and O–H groups in total.